The first kappa shape index (κ1) is 19.0. The number of hydrogen-bond donors (Lipinski definition) is 2. The number of amides is 1. The van der Waals surface area contributed by atoms with Crippen LogP contribution in [-0.2, 0) is 14.3 Å². The first-order chi connectivity index (χ1) is 13.4. The number of rotatable bonds is 5. The lowest BCUT2D eigenvalue weighted by Gasteiger charge is -2.51. The van der Waals surface area contributed by atoms with Gasteiger partial charge in [-0.25, -0.2) is 4.52 Å². The van der Waals surface area contributed by atoms with E-state index in [9.17, 15) is 9.59 Å². The van der Waals surface area contributed by atoms with Gasteiger partial charge in [0.05, 0.1) is 29.9 Å². The third kappa shape index (κ3) is 3.41. The smallest absolute Gasteiger partial charge is 0.311 e. The highest BCUT2D eigenvalue weighted by Crippen LogP contribution is 2.50. The molecular formula is C19H24ClN5O3. The van der Waals surface area contributed by atoms with Crippen LogP contribution in [0.4, 0.5) is 11.5 Å². The zero-order valence-corrected chi connectivity index (χ0v) is 16.8. The van der Waals surface area contributed by atoms with Crippen LogP contribution >= 0.6 is 11.6 Å². The Labute approximate surface area is 168 Å². The third-order valence-electron chi connectivity index (χ3n) is 5.93. The average Bonchev–Trinajstić information content (AvgIpc) is 3.04. The van der Waals surface area contributed by atoms with Crippen molar-refractivity contribution in [2.24, 2.45) is 11.8 Å². The highest BCUT2D eigenvalue weighted by atomic mass is 35.5. The monoisotopic (exact) mass is 405 g/mol. The molecule has 0 saturated heterocycles. The molecule has 2 N–H and O–H groups in total. The summed E-state index contributed by atoms with van der Waals surface area (Å²) in [6, 6.07) is 1.80. The SMILES string of the molecule is CCOC(=O)C1CC2CCC1(Nc1nc(Cl)nn3cc(NC(C)=O)cc13)CC2. The van der Waals surface area contributed by atoms with Gasteiger partial charge in [-0.3, -0.25) is 9.59 Å². The Hall–Kier alpha value is -2.35. The summed E-state index contributed by atoms with van der Waals surface area (Å²) in [6.45, 7) is 3.65. The molecular weight excluding hydrogens is 382 g/mol. The molecule has 2 bridgehead atoms. The zero-order valence-electron chi connectivity index (χ0n) is 16.0. The fourth-order valence-corrected chi connectivity index (χ4v) is 4.85. The third-order valence-corrected chi connectivity index (χ3v) is 6.09. The molecule has 3 aliphatic carbocycles. The fourth-order valence-electron chi connectivity index (χ4n) is 4.68. The summed E-state index contributed by atoms with van der Waals surface area (Å²) in [6.07, 6.45) is 6.45. The van der Waals surface area contributed by atoms with Crippen LogP contribution in [0, 0.1) is 11.8 Å². The highest BCUT2D eigenvalue weighted by molar-refractivity contribution is 6.28. The van der Waals surface area contributed by atoms with Crippen molar-refractivity contribution >= 4 is 40.5 Å². The van der Waals surface area contributed by atoms with Crippen LogP contribution in [0.15, 0.2) is 12.3 Å². The Morgan fingerprint density at radius 2 is 2.14 bits per heavy atom. The number of hydrogen-bond acceptors (Lipinski definition) is 6. The van der Waals surface area contributed by atoms with Crippen molar-refractivity contribution in [3.63, 3.8) is 0 Å². The lowest BCUT2D eigenvalue weighted by atomic mass is 9.59. The van der Waals surface area contributed by atoms with E-state index < -0.39 is 5.54 Å². The maximum atomic E-state index is 12.7. The van der Waals surface area contributed by atoms with Crippen molar-refractivity contribution in [2.45, 2.75) is 51.5 Å². The minimum Gasteiger partial charge on any atom is -0.466 e. The summed E-state index contributed by atoms with van der Waals surface area (Å²) in [5, 5.41) is 10.6. The number of esters is 1. The van der Waals surface area contributed by atoms with Crippen molar-refractivity contribution in [3.05, 3.63) is 17.5 Å². The summed E-state index contributed by atoms with van der Waals surface area (Å²) in [5.41, 5.74) is 0.897. The van der Waals surface area contributed by atoms with Gasteiger partial charge in [-0.2, -0.15) is 4.98 Å². The van der Waals surface area contributed by atoms with Gasteiger partial charge in [0, 0.05) is 6.92 Å². The van der Waals surface area contributed by atoms with Gasteiger partial charge in [-0.1, -0.05) is 0 Å². The van der Waals surface area contributed by atoms with Gasteiger partial charge in [-0.05, 0) is 62.6 Å². The van der Waals surface area contributed by atoms with Gasteiger partial charge in [-0.15, -0.1) is 5.10 Å². The van der Waals surface area contributed by atoms with Crippen LogP contribution < -0.4 is 10.6 Å². The summed E-state index contributed by atoms with van der Waals surface area (Å²) in [5.74, 6) is 0.609. The molecule has 3 fully saturated rings. The minimum atomic E-state index is -0.405. The second kappa shape index (κ2) is 7.24. The van der Waals surface area contributed by atoms with Crippen LogP contribution in [0.2, 0.25) is 5.28 Å². The van der Waals surface area contributed by atoms with Crippen LogP contribution in [0.1, 0.15) is 46.0 Å². The van der Waals surface area contributed by atoms with Crippen molar-refractivity contribution in [1.29, 1.82) is 0 Å². The van der Waals surface area contributed by atoms with Crippen LogP contribution in [-0.4, -0.2) is 38.6 Å². The predicted octanol–water partition coefficient (Wildman–Crippen LogP) is 3.27. The van der Waals surface area contributed by atoms with Crippen molar-refractivity contribution in [3.8, 4) is 0 Å². The second-order valence-corrected chi connectivity index (χ2v) is 8.07. The molecule has 0 aliphatic heterocycles. The lowest BCUT2D eigenvalue weighted by molar-refractivity contribution is -0.154. The Bertz CT molecular complexity index is 920. The molecule has 3 aliphatic rings. The molecule has 1 atom stereocenters. The van der Waals surface area contributed by atoms with Crippen LogP contribution in [0.5, 0.6) is 0 Å². The molecule has 9 heteroatoms. The average molecular weight is 406 g/mol. The summed E-state index contributed by atoms with van der Waals surface area (Å²) < 4.78 is 6.96. The van der Waals surface area contributed by atoms with Crippen molar-refractivity contribution in [2.75, 3.05) is 17.2 Å². The quantitative estimate of drug-likeness (QED) is 0.741. The van der Waals surface area contributed by atoms with Crippen LogP contribution in [0.3, 0.4) is 0 Å². The predicted molar refractivity (Wildman–Crippen MR) is 105 cm³/mol. The Morgan fingerprint density at radius 1 is 1.39 bits per heavy atom. The van der Waals surface area contributed by atoms with Gasteiger partial charge in [0.15, 0.2) is 5.82 Å². The second-order valence-electron chi connectivity index (χ2n) is 7.73. The zero-order chi connectivity index (χ0) is 19.9. The normalized spacial score (nSPS) is 26.2. The van der Waals surface area contributed by atoms with E-state index in [-0.39, 0.29) is 23.1 Å². The van der Waals surface area contributed by atoms with E-state index in [4.69, 9.17) is 16.3 Å². The number of carbonyl (C=O) groups is 2. The number of halogens is 1. The van der Waals surface area contributed by atoms with Gasteiger partial charge in [0.1, 0.15) is 5.52 Å². The Kier molecular flexibility index (Phi) is 4.91. The van der Waals surface area contributed by atoms with Gasteiger partial charge >= 0.3 is 5.97 Å². The van der Waals surface area contributed by atoms with Gasteiger partial charge < -0.3 is 15.4 Å². The summed E-state index contributed by atoms with van der Waals surface area (Å²) >= 11 is 6.14. The molecule has 0 spiro atoms. The van der Waals surface area contributed by atoms with E-state index in [2.05, 4.69) is 20.7 Å². The van der Waals surface area contributed by atoms with E-state index in [1.54, 1.807) is 16.8 Å². The van der Waals surface area contributed by atoms with E-state index in [0.717, 1.165) is 32.1 Å². The summed E-state index contributed by atoms with van der Waals surface area (Å²) in [4.78, 5) is 28.5. The lowest BCUT2D eigenvalue weighted by Crippen LogP contribution is -2.56. The molecule has 5 rings (SSSR count). The topological polar surface area (TPSA) is 97.6 Å². The summed E-state index contributed by atoms with van der Waals surface area (Å²) in [7, 11) is 0. The Balaban J connectivity index is 1.71. The van der Waals surface area contributed by atoms with Crippen molar-refractivity contribution < 1.29 is 14.3 Å². The first-order valence-electron chi connectivity index (χ1n) is 9.68. The molecule has 1 unspecified atom stereocenters. The number of nitrogens with zero attached hydrogens (tertiary/aromatic N) is 3. The van der Waals surface area contributed by atoms with E-state index in [0.29, 0.717) is 29.5 Å². The Morgan fingerprint density at radius 3 is 2.82 bits per heavy atom. The van der Waals surface area contributed by atoms with E-state index in [1.165, 1.54) is 6.92 Å². The molecule has 0 radical (unpaired) electrons. The molecule has 8 nitrogen and oxygen atoms in total. The molecule has 2 heterocycles. The molecule has 150 valence electrons. The van der Waals surface area contributed by atoms with E-state index in [1.807, 2.05) is 6.92 Å². The molecule has 28 heavy (non-hydrogen) atoms. The number of carbonyl (C=O) groups excluding carboxylic acids is 2. The number of aromatic nitrogens is 3. The first-order valence-corrected chi connectivity index (χ1v) is 10.1. The maximum Gasteiger partial charge on any atom is 0.311 e. The molecule has 2 aromatic heterocycles. The number of fused-ring (bicyclic) bond motifs is 4. The number of anilines is 2. The fraction of sp³-hybridized carbons (Fsp3) is 0.579. The molecule has 2 aromatic rings. The highest BCUT2D eigenvalue weighted by Gasteiger charge is 2.52. The van der Waals surface area contributed by atoms with E-state index >= 15 is 0 Å². The standard InChI is InChI=1S/C19H24ClN5O3/c1-3-28-17(27)14-8-12-4-6-19(14,7-5-12)23-16-15-9-13(21-11(2)26)10-25(15)24-18(20)22-16/h9-10,12,14H,3-8H2,1-2H3,(H,21,26)(H,22,23,24). The largest absolute Gasteiger partial charge is 0.466 e. The maximum absolute atomic E-state index is 12.7. The number of ether oxygens (including phenoxy) is 1. The molecule has 1 amide bonds. The van der Waals surface area contributed by atoms with Gasteiger partial charge in [0.2, 0.25) is 11.2 Å². The molecule has 3 saturated carbocycles. The van der Waals surface area contributed by atoms with Crippen molar-refractivity contribution in [1.82, 2.24) is 14.6 Å². The number of nitrogens with one attached hydrogen (secondary N) is 2. The van der Waals surface area contributed by atoms with Gasteiger partial charge in [0.25, 0.3) is 0 Å². The molecule has 0 aromatic carbocycles. The van der Waals surface area contributed by atoms with Crippen LogP contribution in [0.25, 0.3) is 5.52 Å². The minimum absolute atomic E-state index is 0.0913.